The third-order valence-electron chi connectivity index (χ3n) is 3.10. The van der Waals surface area contributed by atoms with E-state index in [0.717, 1.165) is 17.7 Å². The minimum atomic E-state index is -4.33. The summed E-state index contributed by atoms with van der Waals surface area (Å²) >= 11 is 5.04. The van der Waals surface area contributed by atoms with E-state index in [9.17, 15) is 17.6 Å². The van der Waals surface area contributed by atoms with Crippen molar-refractivity contribution in [3.8, 4) is 0 Å². The Labute approximate surface area is 136 Å². The molecule has 0 saturated heterocycles. The van der Waals surface area contributed by atoms with E-state index in [1.165, 1.54) is 18.2 Å². The Morgan fingerprint density at radius 3 is 2.26 bits per heavy atom. The van der Waals surface area contributed by atoms with Crippen LogP contribution in [0.2, 0.25) is 0 Å². The second-order valence-electron chi connectivity index (χ2n) is 4.81. The summed E-state index contributed by atoms with van der Waals surface area (Å²) in [5.41, 5.74) is 0.338. The number of benzene rings is 2. The first-order valence-electron chi connectivity index (χ1n) is 6.82. The molecule has 23 heavy (non-hydrogen) atoms. The average Bonchev–Trinajstić information content (AvgIpc) is 2.49. The molecular formula is C16H14F4N2S. The topological polar surface area (TPSA) is 24.1 Å². The van der Waals surface area contributed by atoms with Crippen molar-refractivity contribution >= 4 is 23.0 Å². The van der Waals surface area contributed by atoms with Crippen LogP contribution in [0.1, 0.15) is 11.1 Å². The van der Waals surface area contributed by atoms with Gasteiger partial charge in [0.2, 0.25) is 0 Å². The monoisotopic (exact) mass is 342 g/mol. The predicted molar refractivity (Wildman–Crippen MR) is 85.8 cm³/mol. The molecule has 0 unspecified atom stereocenters. The molecule has 2 rings (SSSR count). The van der Waals surface area contributed by atoms with Crippen LogP contribution in [0.3, 0.4) is 0 Å². The zero-order valence-corrected chi connectivity index (χ0v) is 12.8. The highest BCUT2D eigenvalue weighted by atomic mass is 32.1. The molecule has 0 bridgehead atoms. The summed E-state index contributed by atoms with van der Waals surface area (Å²) in [5, 5.41) is 5.86. The van der Waals surface area contributed by atoms with Gasteiger partial charge in [-0.05, 0) is 48.5 Å². The number of nitrogens with one attached hydrogen (secondary N) is 2. The van der Waals surface area contributed by atoms with Crippen molar-refractivity contribution in [2.75, 3.05) is 11.9 Å². The zero-order valence-electron chi connectivity index (χ0n) is 12.0. The van der Waals surface area contributed by atoms with Crippen molar-refractivity contribution in [1.82, 2.24) is 5.32 Å². The first kappa shape index (κ1) is 17.2. The second-order valence-corrected chi connectivity index (χ2v) is 5.21. The van der Waals surface area contributed by atoms with Crippen LogP contribution < -0.4 is 10.6 Å². The Balaban J connectivity index is 1.81. The van der Waals surface area contributed by atoms with Gasteiger partial charge >= 0.3 is 6.18 Å². The van der Waals surface area contributed by atoms with Crippen molar-refractivity contribution in [3.05, 3.63) is 65.5 Å². The Kier molecular flexibility index (Phi) is 5.54. The first-order valence-corrected chi connectivity index (χ1v) is 7.22. The van der Waals surface area contributed by atoms with Gasteiger partial charge in [0.1, 0.15) is 5.82 Å². The average molecular weight is 342 g/mol. The molecule has 7 heteroatoms. The van der Waals surface area contributed by atoms with E-state index in [1.807, 2.05) is 0 Å². The summed E-state index contributed by atoms with van der Waals surface area (Å²) in [6.07, 6.45) is -3.83. The Morgan fingerprint density at radius 2 is 1.65 bits per heavy atom. The van der Waals surface area contributed by atoms with Crippen LogP contribution >= 0.6 is 12.2 Å². The van der Waals surface area contributed by atoms with Gasteiger partial charge in [-0.2, -0.15) is 13.2 Å². The van der Waals surface area contributed by atoms with E-state index < -0.39 is 17.6 Å². The SMILES string of the molecule is Fc1ccccc1NC(=S)NCCc1ccc(C(F)(F)F)cc1. The number of alkyl halides is 3. The molecule has 0 aliphatic heterocycles. The summed E-state index contributed by atoms with van der Waals surface area (Å²) in [7, 11) is 0. The molecule has 0 atom stereocenters. The van der Waals surface area contributed by atoms with E-state index in [-0.39, 0.29) is 10.8 Å². The van der Waals surface area contributed by atoms with Crippen molar-refractivity contribution in [1.29, 1.82) is 0 Å². The maximum atomic E-state index is 13.4. The Hall–Kier alpha value is -2.15. The largest absolute Gasteiger partial charge is 0.416 e. The predicted octanol–water partition coefficient (Wildman–Crippen LogP) is 4.37. The molecule has 2 N–H and O–H groups in total. The molecule has 122 valence electrons. The third kappa shape index (κ3) is 5.21. The van der Waals surface area contributed by atoms with Crippen molar-refractivity contribution in [3.63, 3.8) is 0 Å². The van der Waals surface area contributed by atoms with Gasteiger partial charge in [-0.15, -0.1) is 0 Å². The number of anilines is 1. The van der Waals surface area contributed by atoms with Crippen molar-refractivity contribution in [2.45, 2.75) is 12.6 Å². The summed E-state index contributed by atoms with van der Waals surface area (Å²) < 4.78 is 50.8. The highest BCUT2D eigenvalue weighted by Gasteiger charge is 2.29. The molecule has 0 aliphatic rings. The van der Waals surface area contributed by atoms with E-state index in [4.69, 9.17) is 12.2 Å². The van der Waals surface area contributed by atoms with E-state index >= 15 is 0 Å². The Bertz CT molecular complexity index is 669. The van der Waals surface area contributed by atoms with Gasteiger partial charge in [0.15, 0.2) is 5.11 Å². The van der Waals surface area contributed by atoms with Crippen LogP contribution in [-0.2, 0) is 12.6 Å². The molecule has 0 aliphatic carbocycles. The van der Waals surface area contributed by atoms with Crippen LogP contribution in [0.5, 0.6) is 0 Å². The minimum absolute atomic E-state index is 0.252. The number of hydrogen-bond acceptors (Lipinski definition) is 1. The van der Waals surface area contributed by atoms with Gasteiger partial charge < -0.3 is 10.6 Å². The highest BCUT2D eigenvalue weighted by molar-refractivity contribution is 7.80. The summed E-state index contributed by atoms with van der Waals surface area (Å²) in [6, 6.07) is 11.1. The van der Waals surface area contributed by atoms with Crippen molar-refractivity contribution in [2.24, 2.45) is 0 Å². The van der Waals surface area contributed by atoms with Crippen LogP contribution in [0, 0.1) is 5.82 Å². The molecule has 0 amide bonds. The first-order chi connectivity index (χ1) is 10.9. The molecule has 0 fully saturated rings. The number of thiocarbonyl (C=S) groups is 1. The number of para-hydroxylation sites is 1. The van der Waals surface area contributed by atoms with Gasteiger partial charge in [0.05, 0.1) is 11.3 Å². The molecule has 0 aromatic heterocycles. The lowest BCUT2D eigenvalue weighted by Crippen LogP contribution is -2.30. The molecule has 0 heterocycles. The fourth-order valence-electron chi connectivity index (χ4n) is 1.91. The van der Waals surface area contributed by atoms with E-state index in [1.54, 1.807) is 18.2 Å². The maximum absolute atomic E-state index is 13.4. The molecule has 0 spiro atoms. The van der Waals surface area contributed by atoms with Crippen LogP contribution in [0.25, 0.3) is 0 Å². The van der Waals surface area contributed by atoms with E-state index in [2.05, 4.69) is 10.6 Å². The second kappa shape index (κ2) is 7.41. The van der Waals surface area contributed by atoms with E-state index in [0.29, 0.717) is 13.0 Å². The number of halogens is 4. The summed E-state index contributed by atoms with van der Waals surface area (Å²) in [6.45, 7) is 0.422. The van der Waals surface area contributed by atoms with Gasteiger partial charge in [0.25, 0.3) is 0 Å². The summed E-state index contributed by atoms with van der Waals surface area (Å²) in [4.78, 5) is 0. The molecular weight excluding hydrogens is 328 g/mol. The zero-order chi connectivity index (χ0) is 16.9. The van der Waals surface area contributed by atoms with Crippen LogP contribution in [0.4, 0.5) is 23.2 Å². The van der Waals surface area contributed by atoms with Crippen molar-refractivity contribution < 1.29 is 17.6 Å². The minimum Gasteiger partial charge on any atom is -0.362 e. The van der Waals surface area contributed by atoms with Crippen LogP contribution in [0.15, 0.2) is 48.5 Å². The molecule has 2 aromatic rings. The third-order valence-corrected chi connectivity index (χ3v) is 3.35. The Morgan fingerprint density at radius 1 is 1.00 bits per heavy atom. The lowest BCUT2D eigenvalue weighted by atomic mass is 10.1. The fourth-order valence-corrected chi connectivity index (χ4v) is 2.12. The highest BCUT2D eigenvalue weighted by Crippen LogP contribution is 2.29. The van der Waals surface area contributed by atoms with Gasteiger partial charge in [-0.3, -0.25) is 0 Å². The number of rotatable bonds is 4. The van der Waals surface area contributed by atoms with Gasteiger partial charge in [-0.1, -0.05) is 24.3 Å². The smallest absolute Gasteiger partial charge is 0.362 e. The molecule has 2 aromatic carbocycles. The lowest BCUT2D eigenvalue weighted by molar-refractivity contribution is -0.137. The summed E-state index contributed by atoms with van der Waals surface area (Å²) in [5.74, 6) is -0.417. The maximum Gasteiger partial charge on any atom is 0.416 e. The van der Waals surface area contributed by atoms with Gasteiger partial charge in [-0.25, -0.2) is 4.39 Å². The fraction of sp³-hybridized carbons (Fsp3) is 0.188. The molecule has 0 radical (unpaired) electrons. The van der Waals surface area contributed by atoms with Crippen LogP contribution in [-0.4, -0.2) is 11.7 Å². The molecule has 2 nitrogen and oxygen atoms in total. The quantitative estimate of drug-likeness (QED) is 0.637. The number of hydrogen-bond donors (Lipinski definition) is 2. The molecule has 0 saturated carbocycles. The normalized spacial score (nSPS) is 11.1. The standard InChI is InChI=1S/C16H14F4N2S/c17-13-3-1-2-4-14(13)22-15(23)21-10-9-11-5-7-12(8-6-11)16(18,19)20/h1-8H,9-10H2,(H2,21,22,23). The lowest BCUT2D eigenvalue weighted by Gasteiger charge is -2.11. The van der Waals surface area contributed by atoms with Gasteiger partial charge in [0, 0.05) is 6.54 Å².